The highest BCUT2D eigenvalue weighted by Crippen LogP contribution is 2.08. The molecule has 0 aliphatic carbocycles. The number of amides is 1. The summed E-state index contributed by atoms with van der Waals surface area (Å²) in [5.74, 6) is 0.172. The number of carbonyl (C=O) groups is 1. The largest absolute Gasteiger partial charge is 0.351 e. The molecule has 0 atom stereocenters. The summed E-state index contributed by atoms with van der Waals surface area (Å²) in [4.78, 5) is 11.2. The lowest BCUT2D eigenvalue weighted by Crippen LogP contribution is -2.19. The summed E-state index contributed by atoms with van der Waals surface area (Å²) >= 11 is 0. The maximum absolute atomic E-state index is 11.2. The van der Waals surface area contributed by atoms with Crippen LogP contribution in [0.1, 0.15) is 71.6 Å². The van der Waals surface area contributed by atoms with Crippen LogP contribution in [0.5, 0.6) is 0 Å². The Morgan fingerprint density at radius 3 is 2.20 bits per heavy atom. The van der Waals surface area contributed by atoms with E-state index in [4.69, 9.17) is 0 Å². The lowest BCUT2D eigenvalue weighted by molar-refractivity contribution is -0.120. The zero-order valence-electron chi connectivity index (χ0n) is 10.3. The second kappa shape index (κ2) is 11.5. The highest BCUT2D eigenvalue weighted by Gasteiger charge is 1.99. The first-order valence-electron chi connectivity index (χ1n) is 6.42. The predicted octanol–water partition coefficient (Wildman–Crippen LogP) is 3.82. The molecule has 89 valence electrons. The normalized spacial score (nSPS) is 10.3. The molecule has 1 radical (unpaired) electrons. The van der Waals surface area contributed by atoms with Crippen molar-refractivity contribution >= 4 is 5.91 Å². The molecule has 0 fully saturated rings. The number of carbonyl (C=O) groups excluding carboxylic acids is 1. The van der Waals surface area contributed by atoms with Crippen LogP contribution in [0.4, 0.5) is 0 Å². The molecule has 0 saturated carbocycles. The highest BCUT2D eigenvalue weighted by molar-refractivity contribution is 5.76. The Hall–Kier alpha value is -0.530. The summed E-state index contributed by atoms with van der Waals surface area (Å²) in [5, 5.41) is 2.78. The third-order valence-electron chi connectivity index (χ3n) is 2.47. The number of nitrogens with one attached hydrogen (secondary N) is 1. The summed E-state index contributed by atoms with van der Waals surface area (Å²) in [5.41, 5.74) is 0. The fourth-order valence-corrected chi connectivity index (χ4v) is 1.53. The number of hydrogen-bond donors (Lipinski definition) is 1. The molecule has 0 aliphatic rings. The quantitative estimate of drug-likeness (QED) is 0.548. The van der Waals surface area contributed by atoms with E-state index in [-0.39, 0.29) is 5.91 Å². The van der Waals surface area contributed by atoms with Gasteiger partial charge in [0.1, 0.15) is 0 Å². The second-order valence-corrected chi connectivity index (χ2v) is 4.05. The smallest absolute Gasteiger partial charge is 0.220 e. The maximum Gasteiger partial charge on any atom is 0.220 e. The van der Waals surface area contributed by atoms with Crippen molar-refractivity contribution in [2.45, 2.75) is 71.6 Å². The van der Waals surface area contributed by atoms with Gasteiger partial charge in [0.25, 0.3) is 0 Å². The van der Waals surface area contributed by atoms with Gasteiger partial charge in [0.15, 0.2) is 0 Å². The van der Waals surface area contributed by atoms with Crippen molar-refractivity contribution < 1.29 is 4.79 Å². The Bertz CT molecular complexity index is 145. The molecule has 0 unspecified atom stereocenters. The standard InChI is InChI=1S/C13H26NO/c1-3-5-6-7-8-9-10-11-13(15)14-12-4-2/h12H,3-11H2,1-2H3,(H,14,15). The lowest BCUT2D eigenvalue weighted by atomic mass is 10.1. The Morgan fingerprint density at radius 2 is 1.60 bits per heavy atom. The van der Waals surface area contributed by atoms with Crippen LogP contribution in [0.3, 0.4) is 0 Å². The highest BCUT2D eigenvalue weighted by atomic mass is 16.1. The summed E-state index contributed by atoms with van der Waals surface area (Å²) in [6, 6.07) is 0. The Balaban J connectivity index is 3.06. The fourth-order valence-electron chi connectivity index (χ4n) is 1.53. The number of hydrogen-bond acceptors (Lipinski definition) is 1. The van der Waals surface area contributed by atoms with Gasteiger partial charge in [-0.25, -0.2) is 0 Å². The van der Waals surface area contributed by atoms with E-state index in [0.717, 1.165) is 12.8 Å². The molecule has 2 nitrogen and oxygen atoms in total. The van der Waals surface area contributed by atoms with E-state index in [9.17, 15) is 4.79 Å². The SMILES string of the molecule is CC[CH]NC(=O)CCCCCCCCC. The van der Waals surface area contributed by atoms with Crippen molar-refractivity contribution in [3.8, 4) is 0 Å². The first-order chi connectivity index (χ1) is 7.31. The Kier molecular flexibility index (Phi) is 11.1. The van der Waals surface area contributed by atoms with Crippen molar-refractivity contribution in [2.24, 2.45) is 0 Å². The predicted molar refractivity (Wildman–Crippen MR) is 65.3 cm³/mol. The Labute approximate surface area is 94.8 Å². The van der Waals surface area contributed by atoms with Crippen molar-refractivity contribution in [1.29, 1.82) is 0 Å². The molecule has 0 aromatic heterocycles. The van der Waals surface area contributed by atoms with Gasteiger partial charge in [-0.2, -0.15) is 0 Å². The van der Waals surface area contributed by atoms with Gasteiger partial charge >= 0.3 is 0 Å². The minimum atomic E-state index is 0.172. The molecule has 1 N–H and O–H groups in total. The molecule has 0 rings (SSSR count). The number of rotatable bonds is 10. The third-order valence-corrected chi connectivity index (χ3v) is 2.47. The van der Waals surface area contributed by atoms with Gasteiger partial charge in [-0.15, -0.1) is 0 Å². The van der Waals surface area contributed by atoms with Gasteiger partial charge in [-0.3, -0.25) is 4.79 Å². The molecule has 0 saturated heterocycles. The molecular weight excluding hydrogens is 186 g/mol. The van der Waals surface area contributed by atoms with Crippen molar-refractivity contribution in [3.05, 3.63) is 6.54 Å². The first kappa shape index (κ1) is 14.5. The summed E-state index contributed by atoms with van der Waals surface area (Å²) in [6.07, 6.45) is 10.4. The van der Waals surface area contributed by atoms with Gasteiger partial charge in [0, 0.05) is 13.0 Å². The first-order valence-corrected chi connectivity index (χ1v) is 6.42. The molecule has 0 bridgehead atoms. The van der Waals surface area contributed by atoms with Crippen LogP contribution in [-0.2, 0) is 4.79 Å². The van der Waals surface area contributed by atoms with Gasteiger partial charge < -0.3 is 5.32 Å². The lowest BCUT2D eigenvalue weighted by Gasteiger charge is -2.02. The van der Waals surface area contributed by atoms with Crippen LogP contribution >= 0.6 is 0 Å². The maximum atomic E-state index is 11.2. The van der Waals surface area contributed by atoms with E-state index in [1.807, 2.05) is 13.5 Å². The minimum absolute atomic E-state index is 0.172. The minimum Gasteiger partial charge on any atom is -0.351 e. The van der Waals surface area contributed by atoms with Gasteiger partial charge in [0.05, 0.1) is 0 Å². The van der Waals surface area contributed by atoms with Gasteiger partial charge in [-0.05, 0) is 12.8 Å². The van der Waals surface area contributed by atoms with E-state index in [0.29, 0.717) is 6.42 Å². The van der Waals surface area contributed by atoms with Gasteiger partial charge in [0.2, 0.25) is 5.91 Å². The topological polar surface area (TPSA) is 29.1 Å². The van der Waals surface area contributed by atoms with Crippen molar-refractivity contribution in [1.82, 2.24) is 5.32 Å². The van der Waals surface area contributed by atoms with Crippen LogP contribution in [0.15, 0.2) is 0 Å². The summed E-state index contributed by atoms with van der Waals surface area (Å²) in [6.45, 7) is 6.08. The molecule has 2 heteroatoms. The molecule has 1 amide bonds. The van der Waals surface area contributed by atoms with E-state index >= 15 is 0 Å². The third kappa shape index (κ3) is 11.4. The van der Waals surface area contributed by atoms with E-state index in [1.54, 1.807) is 0 Å². The summed E-state index contributed by atoms with van der Waals surface area (Å²) < 4.78 is 0. The average molecular weight is 212 g/mol. The second-order valence-electron chi connectivity index (χ2n) is 4.05. The molecule has 15 heavy (non-hydrogen) atoms. The molecule has 0 heterocycles. The summed E-state index contributed by atoms with van der Waals surface area (Å²) in [7, 11) is 0. The van der Waals surface area contributed by atoms with E-state index in [2.05, 4.69) is 12.2 Å². The van der Waals surface area contributed by atoms with Crippen molar-refractivity contribution in [2.75, 3.05) is 0 Å². The zero-order chi connectivity index (χ0) is 11.4. The molecule has 0 aromatic carbocycles. The number of unbranched alkanes of at least 4 members (excludes halogenated alkanes) is 6. The molecule has 0 aromatic rings. The molecular formula is C13H26NO. The Morgan fingerprint density at radius 1 is 1.00 bits per heavy atom. The molecule has 0 aliphatic heterocycles. The van der Waals surface area contributed by atoms with Crippen LogP contribution in [-0.4, -0.2) is 5.91 Å². The van der Waals surface area contributed by atoms with Crippen LogP contribution in [0.2, 0.25) is 0 Å². The van der Waals surface area contributed by atoms with E-state index in [1.165, 1.54) is 38.5 Å². The molecule has 0 spiro atoms. The fraction of sp³-hybridized carbons (Fsp3) is 0.846. The van der Waals surface area contributed by atoms with Crippen molar-refractivity contribution in [3.63, 3.8) is 0 Å². The van der Waals surface area contributed by atoms with Crippen LogP contribution in [0, 0.1) is 6.54 Å². The van der Waals surface area contributed by atoms with Gasteiger partial charge in [-0.1, -0.05) is 52.4 Å². The van der Waals surface area contributed by atoms with Crippen LogP contribution < -0.4 is 5.32 Å². The average Bonchev–Trinajstić information content (AvgIpc) is 2.25. The monoisotopic (exact) mass is 212 g/mol. The van der Waals surface area contributed by atoms with Crippen LogP contribution in [0.25, 0.3) is 0 Å². The zero-order valence-corrected chi connectivity index (χ0v) is 10.3. The van der Waals surface area contributed by atoms with E-state index < -0.39 is 0 Å².